The van der Waals surface area contributed by atoms with Gasteiger partial charge in [0.1, 0.15) is 5.82 Å². The molecule has 0 fully saturated rings. The molecule has 0 bridgehead atoms. The van der Waals surface area contributed by atoms with Gasteiger partial charge in [-0.1, -0.05) is 38.7 Å². The quantitative estimate of drug-likeness (QED) is 0.560. The fourth-order valence-corrected chi connectivity index (χ4v) is 2.24. The van der Waals surface area contributed by atoms with Crippen molar-refractivity contribution in [1.82, 2.24) is 5.32 Å². The first-order valence-electron chi connectivity index (χ1n) is 7.44. The minimum absolute atomic E-state index is 0.301. The Balaban J connectivity index is 2.77. The van der Waals surface area contributed by atoms with E-state index in [1.165, 1.54) is 0 Å². The number of halogens is 4. The van der Waals surface area contributed by atoms with Gasteiger partial charge in [-0.3, -0.25) is 4.79 Å². The molecule has 1 aromatic carbocycles. The number of rotatable bonds is 7. The van der Waals surface area contributed by atoms with Crippen LogP contribution in [0.15, 0.2) is 18.2 Å². The van der Waals surface area contributed by atoms with E-state index < -0.39 is 29.0 Å². The second kappa shape index (κ2) is 8.15. The Kier molecular flexibility index (Phi) is 6.84. The number of amides is 1. The van der Waals surface area contributed by atoms with Crippen LogP contribution >= 0.6 is 0 Å². The predicted molar refractivity (Wildman–Crippen MR) is 77.1 cm³/mol. The maximum atomic E-state index is 13.7. The molecule has 0 heterocycles. The van der Waals surface area contributed by atoms with Crippen molar-refractivity contribution in [3.05, 3.63) is 35.1 Å². The van der Waals surface area contributed by atoms with Crippen molar-refractivity contribution in [1.29, 1.82) is 0 Å². The molecule has 0 saturated heterocycles. The lowest BCUT2D eigenvalue weighted by Crippen LogP contribution is -2.34. The SMILES string of the molecule is CCCCCCC(C)NC(=O)c1c(F)cccc1C(F)(F)F. The van der Waals surface area contributed by atoms with Crippen LogP contribution in [-0.4, -0.2) is 11.9 Å². The van der Waals surface area contributed by atoms with Crippen molar-refractivity contribution in [3.63, 3.8) is 0 Å². The van der Waals surface area contributed by atoms with E-state index in [4.69, 9.17) is 0 Å². The molecular formula is C16H21F4NO. The van der Waals surface area contributed by atoms with Crippen molar-refractivity contribution in [2.75, 3.05) is 0 Å². The maximum absolute atomic E-state index is 13.7. The summed E-state index contributed by atoms with van der Waals surface area (Å²) in [7, 11) is 0. The molecule has 0 aliphatic carbocycles. The molecule has 0 aliphatic rings. The molecule has 22 heavy (non-hydrogen) atoms. The lowest BCUT2D eigenvalue weighted by atomic mass is 10.0. The van der Waals surface area contributed by atoms with Crippen molar-refractivity contribution in [3.8, 4) is 0 Å². The first-order valence-corrected chi connectivity index (χ1v) is 7.44. The number of carbonyl (C=O) groups is 1. The molecule has 1 atom stereocenters. The Morgan fingerprint density at radius 3 is 2.50 bits per heavy atom. The van der Waals surface area contributed by atoms with Gasteiger partial charge >= 0.3 is 6.18 Å². The third kappa shape index (κ3) is 5.31. The number of alkyl halides is 3. The van der Waals surface area contributed by atoms with Crippen molar-refractivity contribution in [2.45, 2.75) is 58.2 Å². The molecule has 0 aromatic heterocycles. The molecule has 0 saturated carbocycles. The van der Waals surface area contributed by atoms with Crippen LogP contribution < -0.4 is 5.32 Å². The average molecular weight is 319 g/mol. The molecule has 2 nitrogen and oxygen atoms in total. The number of benzene rings is 1. The van der Waals surface area contributed by atoms with E-state index in [1.807, 2.05) is 0 Å². The highest BCUT2D eigenvalue weighted by Crippen LogP contribution is 2.33. The highest BCUT2D eigenvalue weighted by molar-refractivity contribution is 5.96. The Bertz CT molecular complexity index is 499. The monoisotopic (exact) mass is 319 g/mol. The molecule has 0 radical (unpaired) electrons. The number of hydrogen-bond acceptors (Lipinski definition) is 1. The Morgan fingerprint density at radius 1 is 1.23 bits per heavy atom. The van der Waals surface area contributed by atoms with Gasteiger partial charge in [0.25, 0.3) is 5.91 Å². The zero-order valence-electron chi connectivity index (χ0n) is 12.8. The zero-order chi connectivity index (χ0) is 16.8. The largest absolute Gasteiger partial charge is 0.417 e. The first kappa shape index (κ1) is 18.5. The molecule has 0 spiro atoms. The Hall–Kier alpha value is -1.59. The Labute approximate surface area is 127 Å². The summed E-state index contributed by atoms with van der Waals surface area (Å²) in [4.78, 5) is 12.0. The van der Waals surface area contributed by atoms with E-state index in [0.717, 1.165) is 37.8 Å². The molecule has 1 amide bonds. The molecule has 124 valence electrons. The lowest BCUT2D eigenvalue weighted by molar-refractivity contribution is -0.138. The normalized spacial score (nSPS) is 13.0. The topological polar surface area (TPSA) is 29.1 Å². The van der Waals surface area contributed by atoms with Gasteiger partial charge in [-0.25, -0.2) is 4.39 Å². The van der Waals surface area contributed by atoms with Gasteiger partial charge in [0.15, 0.2) is 0 Å². The molecule has 1 N–H and O–H groups in total. The maximum Gasteiger partial charge on any atom is 0.417 e. The number of unbranched alkanes of at least 4 members (excludes halogenated alkanes) is 3. The summed E-state index contributed by atoms with van der Waals surface area (Å²) >= 11 is 0. The van der Waals surface area contributed by atoms with E-state index in [-0.39, 0.29) is 6.04 Å². The van der Waals surface area contributed by atoms with Crippen molar-refractivity contribution < 1.29 is 22.4 Å². The third-order valence-corrected chi connectivity index (χ3v) is 3.41. The molecular weight excluding hydrogens is 298 g/mol. The van der Waals surface area contributed by atoms with Crippen LogP contribution in [0, 0.1) is 5.82 Å². The second-order valence-corrected chi connectivity index (χ2v) is 5.38. The van der Waals surface area contributed by atoms with Crippen LogP contribution in [0.25, 0.3) is 0 Å². The van der Waals surface area contributed by atoms with Crippen LogP contribution in [0.3, 0.4) is 0 Å². The van der Waals surface area contributed by atoms with Gasteiger partial charge in [-0.05, 0) is 25.5 Å². The highest BCUT2D eigenvalue weighted by Gasteiger charge is 2.36. The minimum atomic E-state index is -4.76. The Morgan fingerprint density at radius 2 is 1.91 bits per heavy atom. The molecule has 1 unspecified atom stereocenters. The average Bonchev–Trinajstić information content (AvgIpc) is 2.42. The van der Waals surface area contributed by atoms with Gasteiger partial charge in [0, 0.05) is 6.04 Å². The third-order valence-electron chi connectivity index (χ3n) is 3.41. The van der Waals surface area contributed by atoms with E-state index >= 15 is 0 Å². The summed E-state index contributed by atoms with van der Waals surface area (Å²) in [5.41, 5.74) is -2.18. The van der Waals surface area contributed by atoms with Gasteiger partial charge in [-0.15, -0.1) is 0 Å². The van der Waals surface area contributed by atoms with Crippen LogP contribution in [0.2, 0.25) is 0 Å². The van der Waals surface area contributed by atoms with Crippen LogP contribution in [-0.2, 0) is 6.18 Å². The molecule has 1 rings (SSSR count). The van der Waals surface area contributed by atoms with Gasteiger partial charge in [-0.2, -0.15) is 13.2 Å². The zero-order valence-corrected chi connectivity index (χ0v) is 12.8. The van der Waals surface area contributed by atoms with Crippen LogP contribution in [0.5, 0.6) is 0 Å². The van der Waals surface area contributed by atoms with Gasteiger partial charge in [0.2, 0.25) is 0 Å². The molecule has 1 aromatic rings. The first-order chi connectivity index (χ1) is 10.3. The smallest absolute Gasteiger partial charge is 0.349 e. The fourth-order valence-electron chi connectivity index (χ4n) is 2.24. The van der Waals surface area contributed by atoms with Gasteiger partial charge < -0.3 is 5.32 Å². The van der Waals surface area contributed by atoms with Crippen molar-refractivity contribution in [2.24, 2.45) is 0 Å². The van der Waals surface area contributed by atoms with E-state index in [2.05, 4.69) is 12.2 Å². The summed E-state index contributed by atoms with van der Waals surface area (Å²) < 4.78 is 52.3. The number of hydrogen-bond donors (Lipinski definition) is 1. The summed E-state index contributed by atoms with van der Waals surface area (Å²) in [5, 5.41) is 2.45. The highest BCUT2D eigenvalue weighted by atomic mass is 19.4. The molecule has 0 aliphatic heterocycles. The van der Waals surface area contributed by atoms with Gasteiger partial charge in [0.05, 0.1) is 11.1 Å². The standard InChI is InChI=1S/C16H21F4NO/c1-3-4-5-6-8-11(2)21-15(22)14-12(16(18,19)20)9-7-10-13(14)17/h7,9-11H,3-6,8H2,1-2H3,(H,21,22). The van der Waals surface area contributed by atoms with Crippen LogP contribution in [0.4, 0.5) is 17.6 Å². The van der Waals surface area contributed by atoms with E-state index in [1.54, 1.807) is 6.92 Å². The van der Waals surface area contributed by atoms with E-state index in [9.17, 15) is 22.4 Å². The lowest BCUT2D eigenvalue weighted by Gasteiger charge is -2.17. The summed E-state index contributed by atoms with van der Waals surface area (Å²) in [6, 6.07) is 2.22. The fraction of sp³-hybridized carbons (Fsp3) is 0.562. The summed E-state index contributed by atoms with van der Waals surface area (Å²) in [5.74, 6) is -2.18. The number of carbonyl (C=O) groups excluding carboxylic acids is 1. The summed E-state index contributed by atoms with van der Waals surface area (Å²) in [6.07, 6.45) is -0.0827. The number of nitrogens with one attached hydrogen (secondary N) is 1. The minimum Gasteiger partial charge on any atom is -0.349 e. The predicted octanol–water partition coefficient (Wildman–Crippen LogP) is 4.93. The second-order valence-electron chi connectivity index (χ2n) is 5.38. The molecule has 6 heteroatoms. The van der Waals surface area contributed by atoms with E-state index in [0.29, 0.717) is 12.5 Å². The van der Waals surface area contributed by atoms with Crippen molar-refractivity contribution >= 4 is 5.91 Å². The van der Waals surface area contributed by atoms with Crippen LogP contribution in [0.1, 0.15) is 61.9 Å². The summed E-state index contributed by atoms with van der Waals surface area (Å²) in [6.45, 7) is 3.78.